The summed E-state index contributed by atoms with van der Waals surface area (Å²) in [6.07, 6.45) is 6.54. The SMILES string of the molecule is CCCCN(CC(C)C(=O)OC)C(=O)/C=C/c1ccco1. The third kappa shape index (κ3) is 5.85. The molecule has 1 aromatic heterocycles. The first-order valence-electron chi connectivity index (χ1n) is 7.16. The van der Waals surface area contributed by atoms with Gasteiger partial charge in [0, 0.05) is 19.2 Å². The number of furan rings is 1. The molecule has 1 heterocycles. The lowest BCUT2D eigenvalue weighted by atomic mass is 10.1. The lowest BCUT2D eigenvalue weighted by molar-refractivity contribution is -0.146. The number of hydrogen-bond acceptors (Lipinski definition) is 4. The van der Waals surface area contributed by atoms with Gasteiger partial charge in [-0.3, -0.25) is 9.59 Å². The van der Waals surface area contributed by atoms with Gasteiger partial charge in [0.25, 0.3) is 0 Å². The Kier molecular flexibility index (Phi) is 7.29. The van der Waals surface area contributed by atoms with Crippen LogP contribution in [0.5, 0.6) is 0 Å². The van der Waals surface area contributed by atoms with Crippen LogP contribution < -0.4 is 0 Å². The maximum absolute atomic E-state index is 12.2. The van der Waals surface area contributed by atoms with E-state index in [0.29, 0.717) is 18.8 Å². The molecule has 21 heavy (non-hydrogen) atoms. The van der Waals surface area contributed by atoms with Crippen LogP contribution in [0.25, 0.3) is 6.08 Å². The van der Waals surface area contributed by atoms with Crippen molar-refractivity contribution in [2.45, 2.75) is 26.7 Å². The van der Waals surface area contributed by atoms with Crippen molar-refractivity contribution >= 4 is 18.0 Å². The highest BCUT2D eigenvalue weighted by Crippen LogP contribution is 2.08. The van der Waals surface area contributed by atoms with Crippen molar-refractivity contribution in [3.05, 3.63) is 30.2 Å². The molecular formula is C16H23NO4. The molecule has 1 aromatic rings. The van der Waals surface area contributed by atoms with E-state index in [1.54, 1.807) is 36.3 Å². The van der Waals surface area contributed by atoms with Crippen molar-refractivity contribution < 1.29 is 18.7 Å². The summed E-state index contributed by atoms with van der Waals surface area (Å²) >= 11 is 0. The van der Waals surface area contributed by atoms with E-state index in [-0.39, 0.29) is 17.8 Å². The number of carbonyl (C=O) groups is 2. The Morgan fingerprint density at radius 1 is 1.48 bits per heavy atom. The van der Waals surface area contributed by atoms with Crippen molar-refractivity contribution in [1.82, 2.24) is 4.90 Å². The first kappa shape index (κ1) is 17.0. The summed E-state index contributed by atoms with van der Waals surface area (Å²) in [7, 11) is 1.36. The van der Waals surface area contributed by atoms with Gasteiger partial charge in [0.2, 0.25) is 5.91 Å². The molecule has 5 nitrogen and oxygen atoms in total. The summed E-state index contributed by atoms with van der Waals surface area (Å²) in [4.78, 5) is 25.4. The molecule has 0 fully saturated rings. The maximum Gasteiger partial charge on any atom is 0.310 e. The molecule has 0 aromatic carbocycles. The molecule has 0 aliphatic rings. The molecule has 0 radical (unpaired) electrons. The lowest BCUT2D eigenvalue weighted by Gasteiger charge is -2.23. The number of esters is 1. The van der Waals surface area contributed by atoms with Crippen molar-refractivity contribution in [3.8, 4) is 0 Å². The minimum Gasteiger partial charge on any atom is -0.469 e. The molecule has 5 heteroatoms. The minimum absolute atomic E-state index is 0.129. The zero-order chi connectivity index (χ0) is 15.7. The summed E-state index contributed by atoms with van der Waals surface area (Å²) in [6, 6.07) is 3.54. The number of carbonyl (C=O) groups excluding carboxylic acids is 2. The molecule has 0 spiro atoms. The van der Waals surface area contributed by atoms with E-state index >= 15 is 0 Å². The number of hydrogen-bond donors (Lipinski definition) is 0. The number of methoxy groups -OCH3 is 1. The number of unbranched alkanes of at least 4 members (excludes halogenated alkanes) is 1. The summed E-state index contributed by atoms with van der Waals surface area (Å²) in [5, 5.41) is 0. The van der Waals surface area contributed by atoms with Crippen LogP contribution in [-0.4, -0.2) is 37.0 Å². The first-order valence-corrected chi connectivity index (χ1v) is 7.16. The Hall–Kier alpha value is -2.04. The van der Waals surface area contributed by atoms with Gasteiger partial charge in [-0.05, 0) is 24.6 Å². The fraction of sp³-hybridized carbons (Fsp3) is 0.500. The summed E-state index contributed by atoms with van der Waals surface area (Å²) in [5.74, 6) is -0.150. The van der Waals surface area contributed by atoms with Crippen molar-refractivity contribution in [3.63, 3.8) is 0 Å². The number of nitrogens with zero attached hydrogens (tertiary/aromatic N) is 1. The summed E-state index contributed by atoms with van der Waals surface area (Å²) in [6.45, 7) is 4.80. The zero-order valence-electron chi connectivity index (χ0n) is 12.9. The number of amides is 1. The van der Waals surface area contributed by atoms with Crippen LogP contribution in [0.3, 0.4) is 0 Å². The second kappa shape index (κ2) is 9.00. The highest BCUT2D eigenvalue weighted by molar-refractivity contribution is 5.91. The standard InChI is InChI=1S/C16H23NO4/c1-4-5-10-17(12-13(2)16(19)20-3)15(18)9-8-14-7-6-11-21-14/h6-9,11,13H,4-5,10,12H2,1-3H3/b9-8+. The molecule has 1 rings (SSSR count). The Labute approximate surface area is 125 Å². The van der Waals surface area contributed by atoms with Gasteiger partial charge in [-0.2, -0.15) is 0 Å². The molecule has 116 valence electrons. The van der Waals surface area contributed by atoms with Gasteiger partial charge in [0.05, 0.1) is 19.3 Å². The summed E-state index contributed by atoms with van der Waals surface area (Å²) < 4.78 is 9.86. The lowest BCUT2D eigenvalue weighted by Crippen LogP contribution is -2.37. The van der Waals surface area contributed by atoms with E-state index < -0.39 is 0 Å². The average Bonchev–Trinajstić information content (AvgIpc) is 3.01. The van der Waals surface area contributed by atoms with Crippen LogP contribution in [0, 0.1) is 5.92 Å². The molecule has 0 saturated heterocycles. The van der Waals surface area contributed by atoms with Gasteiger partial charge in [0.1, 0.15) is 5.76 Å². The fourth-order valence-corrected chi connectivity index (χ4v) is 1.89. The number of ether oxygens (including phenoxy) is 1. The molecule has 0 aliphatic carbocycles. The molecule has 0 N–H and O–H groups in total. The van der Waals surface area contributed by atoms with Crippen molar-refractivity contribution in [1.29, 1.82) is 0 Å². The summed E-state index contributed by atoms with van der Waals surface area (Å²) in [5.41, 5.74) is 0. The Bertz CT molecular complexity index is 465. The third-order valence-corrected chi connectivity index (χ3v) is 3.12. The molecule has 1 atom stereocenters. The normalized spacial score (nSPS) is 12.3. The van der Waals surface area contributed by atoms with Crippen LogP contribution in [0.4, 0.5) is 0 Å². The molecule has 0 saturated carbocycles. The predicted molar refractivity (Wildman–Crippen MR) is 80.4 cm³/mol. The van der Waals surface area contributed by atoms with E-state index in [4.69, 9.17) is 9.15 Å². The molecular weight excluding hydrogens is 270 g/mol. The molecule has 0 aliphatic heterocycles. The third-order valence-electron chi connectivity index (χ3n) is 3.12. The van der Waals surface area contributed by atoms with Gasteiger partial charge < -0.3 is 14.1 Å². The van der Waals surface area contributed by atoms with Gasteiger partial charge >= 0.3 is 5.97 Å². The van der Waals surface area contributed by atoms with E-state index in [2.05, 4.69) is 6.92 Å². The average molecular weight is 293 g/mol. The van der Waals surface area contributed by atoms with Crippen LogP contribution in [0.2, 0.25) is 0 Å². The van der Waals surface area contributed by atoms with Crippen LogP contribution in [-0.2, 0) is 14.3 Å². The van der Waals surface area contributed by atoms with Crippen molar-refractivity contribution in [2.75, 3.05) is 20.2 Å². The monoisotopic (exact) mass is 293 g/mol. The highest BCUT2D eigenvalue weighted by atomic mass is 16.5. The largest absolute Gasteiger partial charge is 0.469 e. The second-order valence-electron chi connectivity index (χ2n) is 4.91. The Morgan fingerprint density at radius 3 is 2.81 bits per heavy atom. The fourth-order valence-electron chi connectivity index (χ4n) is 1.89. The van der Waals surface area contributed by atoms with E-state index in [9.17, 15) is 9.59 Å². The van der Waals surface area contributed by atoms with Gasteiger partial charge in [-0.15, -0.1) is 0 Å². The van der Waals surface area contributed by atoms with Crippen LogP contribution in [0.1, 0.15) is 32.4 Å². The van der Waals surface area contributed by atoms with E-state index in [0.717, 1.165) is 12.8 Å². The van der Waals surface area contributed by atoms with E-state index in [1.807, 2.05) is 0 Å². The van der Waals surface area contributed by atoms with Gasteiger partial charge in [-0.1, -0.05) is 20.3 Å². The molecule has 1 unspecified atom stereocenters. The highest BCUT2D eigenvalue weighted by Gasteiger charge is 2.19. The smallest absolute Gasteiger partial charge is 0.310 e. The number of rotatable bonds is 8. The van der Waals surface area contributed by atoms with Crippen molar-refractivity contribution in [2.24, 2.45) is 5.92 Å². The van der Waals surface area contributed by atoms with Crippen LogP contribution in [0.15, 0.2) is 28.9 Å². The Balaban J connectivity index is 2.66. The second-order valence-corrected chi connectivity index (χ2v) is 4.91. The topological polar surface area (TPSA) is 59.8 Å². The molecule has 0 bridgehead atoms. The first-order chi connectivity index (χ1) is 10.1. The minimum atomic E-state index is -0.340. The van der Waals surface area contributed by atoms with Crippen LogP contribution >= 0.6 is 0 Å². The predicted octanol–water partition coefficient (Wildman–Crippen LogP) is 2.73. The van der Waals surface area contributed by atoms with E-state index in [1.165, 1.54) is 13.2 Å². The van der Waals surface area contributed by atoms with Gasteiger partial charge in [0.15, 0.2) is 0 Å². The maximum atomic E-state index is 12.2. The zero-order valence-corrected chi connectivity index (χ0v) is 12.9. The quantitative estimate of drug-likeness (QED) is 0.546. The Morgan fingerprint density at radius 2 is 2.24 bits per heavy atom. The molecule has 1 amide bonds. The van der Waals surface area contributed by atoms with Gasteiger partial charge in [-0.25, -0.2) is 0 Å².